The van der Waals surface area contributed by atoms with Crippen LogP contribution in [0, 0.1) is 11.3 Å². The summed E-state index contributed by atoms with van der Waals surface area (Å²) in [4.78, 5) is 14.7. The number of anilines is 1. The summed E-state index contributed by atoms with van der Waals surface area (Å²) in [5.41, 5.74) is 4.37. The Hall–Kier alpha value is -3.38. The number of likely N-dealkylation sites (N-methyl/N-ethyl adjacent to an activating group) is 1. The number of piperazine rings is 1. The standard InChI is InChI=1S/C26H26N6OS/c1-31-12-14-32(15-13-31)17-19-6-8-20(9-7-19)18-33-26-28-11-10-22(30-26)21(16-27)25-29-23-4-2-3-5-24(23)34-25/h2-11,29H,12-15,17-18H2,1H3/b25-21-. The Balaban J connectivity index is 1.22. The van der Waals surface area contributed by atoms with Gasteiger partial charge in [-0.2, -0.15) is 10.2 Å². The van der Waals surface area contributed by atoms with Gasteiger partial charge in [0.2, 0.25) is 0 Å². The Bertz CT molecular complexity index is 1200. The van der Waals surface area contributed by atoms with Gasteiger partial charge in [-0.25, -0.2) is 4.98 Å². The number of aromatic nitrogens is 2. The van der Waals surface area contributed by atoms with Crippen LogP contribution in [0.3, 0.4) is 0 Å². The quantitative estimate of drug-likeness (QED) is 0.537. The van der Waals surface area contributed by atoms with Crippen molar-refractivity contribution in [1.82, 2.24) is 19.8 Å². The molecule has 2 aromatic carbocycles. The molecule has 0 unspecified atom stereocenters. The molecule has 3 heterocycles. The van der Waals surface area contributed by atoms with Crippen molar-refractivity contribution in [2.45, 2.75) is 18.0 Å². The first kappa shape index (κ1) is 22.4. The fourth-order valence-electron chi connectivity index (χ4n) is 3.96. The highest BCUT2D eigenvalue weighted by atomic mass is 32.2. The number of rotatable bonds is 6. The molecule has 5 rings (SSSR count). The monoisotopic (exact) mass is 470 g/mol. The summed E-state index contributed by atoms with van der Waals surface area (Å²) in [7, 11) is 2.17. The van der Waals surface area contributed by atoms with Gasteiger partial charge in [-0.1, -0.05) is 48.2 Å². The van der Waals surface area contributed by atoms with E-state index in [1.165, 1.54) is 17.3 Å². The lowest BCUT2D eigenvalue weighted by Crippen LogP contribution is -2.43. The van der Waals surface area contributed by atoms with Crippen LogP contribution in [-0.4, -0.2) is 53.0 Å². The smallest absolute Gasteiger partial charge is 0.317 e. The van der Waals surface area contributed by atoms with Crippen LogP contribution in [0.4, 0.5) is 5.69 Å². The normalized spacial score (nSPS) is 17.5. The minimum absolute atomic E-state index is 0.257. The zero-order chi connectivity index (χ0) is 23.3. The minimum Gasteiger partial charge on any atom is -0.459 e. The van der Waals surface area contributed by atoms with E-state index in [1.807, 2.05) is 24.3 Å². The van der Waals surface area contributed by atoms with Crippen molar-refractivity contribution in [2.75, 3.05) is 38.5 Å². The van der Waals surface area contributed by atoms with Gasteiger partial charge < -0.3 is 15.0 Å². The van der Waals surface area contributed by atoms with Crippen molar-refractivity contribution >= 4 is 23.0 Å². The molecule has 172 valence electrons. The molecule has 1 saturated heterocycles. The molecule has 2 aliphatic rings. The Labute approximate surface area is 204 Å². The van der Waals surface area contributed by atoms with Crippen LogP contribution in [0.1, 0.15) is 16.8 Å². The highest BCUT2D eigenvalue weighted by molar-refractivity contribution is 8.04. The number of fused-ring (bicyclic) bond motifs is 1. The molecular weight excluding hydrogens is 444 g/mol. The summed E-state index contributed by atoms with van der Waals surface area (Å²) in [6.07, 6.45) is 1.63. The van der Waals surface area contributed by atoms with Crippen LogP contribution >= 0.6 is 11.8 Å². The summed E-state index contributed by atoms with van der Waals surface area (Å²) >= 11 is 1.53. The van der Waals surface area contributed by atoms with Gasteiger partial charge in [-0.3, -0.25) is 4.90 Å². The zero-order valence-electron chi connectivity index (χ0n) is 19.1. The largest absolute Gasteiger partial charge is 0.459 e. The van der Waals surface area contributed by atoms with Crippen molar-refractivity contribution in [2.24, 2.45) is 0 Å². The molecule has 0 atom stereocenters. The molecule has 0 bridgehead atoms. The lowest BCUT2D eigenvalue weighted by atomic mass is 10.1. The van der Waals surface area contributed by atoms with Gasteiger partial charge in [0.05, 0.1) is 16.4 Å². The molecule has 1 aromatic heterocycles. The van der Waals surface area contributed by atoms with Crippen LogP contribution in [0.25, 0.3) is 5.57 Å². The summed E-state index contributed by atoms with van der Waals surface area (Å²) in [5.74, 6) is 0. The summed E-state index contributed by atoms with van der Waals surface area (Å²) in [6, 6.07) is 20.8. The highest BCUT2D eigenvalue weighted by Crippen LogP contribution is 2.43. The van der Waals surface area contributed by atoms with Gasteiger partial charge in [0, 0.05) is 43.8 Å². The maximum atomic E-state index is 9.81. The number of hydrogen-bond acceptors (Lipinski definition) is 8. The van der Waals surface area contributed by atoms with Crippen molar-refractivity contribution in [1.29, 1.82) is 5.26 Å². The maximum absolute atomic E-state index is 9.81. The summed E-state index contributed by atoms with van der Waals surface area (Å²) in [5, 5.41) is 13.9. The number of para-hydroxylation sites is 1. The molecule has 7 nitrogen and oxygen atoms in total. The van der Waals surface area contributed by atoms with E-state index in [1.54, 1.807) is 12.3 Å². The third-order valence-electron chi connectivity index (χ3n) is 5.97. The molecule has 2 aliphatic heterocycles. The summed E-state index contributed by atoms with van der Waals surface area (Å²) < 4.78 is 5.86. The number of nitrogens with zero attached hydrogens (tertiary/aromatic N) is 5. The number of hydrogen-bond donors (Lipinski definition) is 1. The number of allylic oxidation sites excluding steroid dienone is 1. The predicted molar refractivity (Wildman–Crippen MR) is 134 cm³/mol. The van der Waals surface area contributed by atoms with Gasteiger partial charge in [0.1, 0.15) is 18.2 Å². The second-order valence-corrected chi connectivity index (χ2v) is 9.50. The second-order valence-electron chi connectivity index (χ2n) is 8.45. The second kappa shape index (κ2) is 10.3. The first-order chi connectivity index (χ1) is 16.7. The number of nitriles is 1. The van der Waals surface area contributed by atoms with E-state index in [-0.39, 0.29) is 6.01 Å². The minimum atomic E-state index is 0.257. The van der Waals surface area contributed by atoms with Gasteiger partial charge >= 0.3 is 6.01 Å². The lowest BCUT2D eigenvalue weighted by molar-refractivity contribution is 0.148. The van der Waals surface area contributed by atoms with Gasteiger partial charge in [-0.15, -0.1) is 0 Å². The number of ether oxygens (including phenoxy) is 1. The highest BCUT2D eigenvalue weighted by Gasteiger charge is 2.21. The van der Waals surface area contributed by atoms with E-state index >= 15 is 0 Å². The number of benzene rings is 2. The van der Waals surface area contributed by atoms with Gasteiger partial charge in [0.15, 0.2) is 0 Å². The Kier molecular flexibility index (Phi) is 6.77. The molecule has 0 amide bonds. The average molecular weight is 471 g/mol. The number of nitrogens with one attached hydrogen (secondary N) is 1. The molecule has 0 spiro atoms. The molecule has 1 N–H and O–H groups in total. The molecule has 1 fully saturated rings. The molecule has 8 heteroatoms. The Morgan fingerprint density at radius 1 is 1.06 bits per heavy atom. The van der Waals surface area contributed by atoms with Gasteiger partial charge in [-0.05, 0) is 36.4 Å². The molecule has 34 heavy (non-hydrogen) atoms. The fraction of sp³-hybridized carbons (Fsp3) is 0.269. The first-order valence-corrected chi connectivity index (χ1v) is 12.1. The van der Waals surface area contributed by atoms with E-state index in [0.717, 1.165) is 53.9 Å². The topological polar surface area (TPSA) is 77.3 Å². The Morgan fingerprint density at radius 2 is 1.82 bits per heavy atom. The third kappa shape index (κ3) is 5.23. The zero-order valence-corrected chi connectivity index (χ0v) is 19.9. The molecule has 0 aliphatic carbocycles. The van der Waals surface area contributed by atoms with Gasteiger partial charge in [0.25, 0.3) is 0 Å². The molecule has 0 radical (unpaired) electrons. The van der Waals surface area contributed by atoms with E-state index in [0.29, 0.717) is 17.9 Å². The average Bonchev–Trinajstić information content (AvgIpc) is 3.29. The lowest BCUT2D eigenvalue weighted by Gasteiger charge is -2.32. The van der Waals surface area contributed by atoms with Crippen molar-refractivity contribution in [3.63, 3.8) is 0 Å². The van der Waals surface area contributed by atoms with Crippen LogP contribution in [-0.2, 0) is 13.2 Å². The van der Waals surface area contributed by atoms with E-state index in [4.69, 9.17) is 4.74 Å². The summed E-state index contributed by atoms with van der Waals surface area (Å²) in [6.45, 7) is 5.80. The number of thioether (sulfide) groups is 1. The molecule has 0 saturated carbocycles. The van der Waals surface area contributed by atoms with E-state index < -0.39 is 0 Å². The van der Waals surface area contributed by atoms with Crippen LogP contribution in [0.2, 0.25) is 0 Å². The van der Waals surface area contributed by atoms with Crippen molar-refractivity contribution in [3.05, 3.63) is 82.6 Å². The van der Waals surface area contributed by atoms with Crippen LogP contribution in [0.5, 0.6) is 6.01 Å². The van der Waals surface area contributed by atoms with E-state index in [2.05, 4.69) is 62.5 Å². The van der Waals surface area contributed by atoms with Crippen LogP contribution < -0.4 is 10.1 Å². The fourth-order valence-corrected chi connectivity index (χ4v) is 4.97. The molecule has 3 aromatic rings. The van der Waals surface area contributed by atoms with Crippen molar-refractivity contribution < 1.29 is 4.74 Å². The van der Waals surface area contributed by atoms with Crippen LogP contribution in [0.15, 0.2) is 70.7 Å². The van der Waals surface area contributed by atoms with Crippen molar-refractivity contribution in [3.8, 4) is 12.1 Å². The predicted octanol–water partition coefficient (Wildman–Crippen LogP) is 4.21. The van der Waals surface area contributed by atoms with E-state index in [9.17, 15) is 5.26 Å². The molecular formula is C26H26N6OS. The third-order valence-corrected chi connectivity index (χ3v) is 7.05. The first-order valence-electron chi connectivity index (χ1n) is 11.3. The maximum Gasteiger partial charge on any atom is 0.317 e. The SMILES string of the molecule is CN1CCN(Cc2ccc(COc3nccc(/C(C#N)=C4/Nc5ccccc5S4)n3)cc2)CC1. The Morgan fingerprint density at radius 3 is 2.59 bits per heavy atom.